The van der Waals surface area contributed by atoms with E-state index in [0.717, 1.165) is 32.4 Å². The van der Waals surface area contributed by atoms with Crippen molar-refractivity contribution >= 4 is 9.84 Å². The Kier molecular flexibility index (Phi) is 6.25. The summed E-state index contributed by atoms with van der Waals surface area (Å²) in [6, 6.07) is 6.98. The highest BCUT2D eigenvalue weighted by atomic mass is 32.2. The lowest BCUT2D eigenvalue weighted by molar-refractivity contribution is 0.385. The molecule has 4 aliphatic rings. The van der Waals surface area contributed by atoms with Gasteiger partial charge in [-0.2, -0.15) is 0 Å². The first-order valence-corrected chi connectivity index (χ1v) is 17.5. The highest BCUT2D eigenvalue weighted by Crippen LogP contribution is 2.63. The van der Waals surface area contributed by atoms with Gasteiger partial charge in [-0.1, -0.05) is 35.5 Å². The maximum Gasteiger partial charge on any atom is 0.207 e. The molecule has 0 saturated heterocycles. The summed E-state index contributed by atoms with van der Waals surface area (Å²) in [5.74, 6) is -2.18. The number of aromatic hydroxyl groups is 6. The van der Waals surface area contributed by atoms with E-state index in [-0.39, 0.29) is 56.5 Å². The molecule has 0 spiro atoms. The molecule has 0 saturated carbocycles. The topological polar surface area (TPSA) is 165 Å². The second-order valence-electron chi connectivity index (χ2n) is 14.3. The van der Waals surface area contributed by atoms with Crippen molar-refractivity contribution in [3.63, 3.8) is 0 Å². The maximum absolute atomic E-state index is 14.2. The van der Waals surface area contributed by atoms with Crippen molar-refractivity contribution in [1.29, 1.82) is 0 Å². The largest absolute Gasteiger partial charge is 0.508 e. The predicted molar refractivity (Wildman–Crippen MR) is 182 cm³/mol. The zero-order valence-corrected chi connectivity index (χ0v) is 27.8. The lowest BCUT2D eigenvalue weighted by Gasteiger charge is -2.25. The molecule has 0 aliphatic heterocycles. The van der Waals surface area contributed by atoms with Crippen molar-refractivity contribution in [2.45, 2.75) is 72.0 Å². The van der Waals surface area contributed by atoms with Gasteiger partial charge in [-0.05, 0) is 63.8 Å². The molecule has 4 atom stereocenters. The number of rotatable bonds is 8. The quantitative estimate of drug-likeness (QED) is 0.110. The Hall–Kier alpha value is -5.29. The molecule has 2 heterocycles. The van der Waals surface area contributed by atoms with Crippen molar-refractivity contribution in [2.24, 2.45) is 0 Å². The van der Waals surface area contributed by atoms with Crippen LogP contribution >= 0.6 is 0 Å². The Bertz CT molecular complexity index is 2200. The number of sulfone groups is 1. The summed E-state index contributed by atoms with van der Waals surface area (Å²) in [5.41, 5.74) is 2.93. The molecule has 2 aromatic carbocycles. The van der Waals surface area contributed by atoms with E-state index >= 15 is 0 Å². The molecule has 4 aromatic rings. The molecule has 0 fully saturated rings. The first-order chi connectivity index (χ1) is 23.1. The first-order valence-electron chi connectivity index (χ1n) is 16.0. The first kappa shape index (κ1) is 31.0. The van der Waals surface area contributed by atoms with Gasteiger partial charge >= 0.3 is 0 Å². The van der Waals surface area contributed by atoms with Gasteiger partial charge in [-0.25, -0.2) is 8.42 Å². The van der Waals surface area contributed by atoms with Crippen LogP contribution in [0.2, 0.25) is 0 Å². The summed E-state index contributed by atoms with van der Waals surface area (Å²) in [6.45, 7) is 11.9. The Morgan fingerprint density at radius 1 is 0.673 bits per heavy atom. The fourth-order valence-electron chi connectivity index (χ4n) is 9.08. The minimum atomic E-state index is -4.48. The van der Waals surface area contributed by atoms with Gasteiger partial charge in [-0.15, -0.1) is 13.2 Å². The predicted octanol–water partition coefficient (Wildman–Crippen LogP) is 6.86. The summed E-state index contributed by atoms with van der Waals surface area (Å²) in [4.78, 5) is -0.758. The van der Waals surface area contributed by atoms with Crippen LogP contribution in [-0.2, 0) is 20.7 Å². The number of hydrogen-bond donors (Lipinski definition) is 6. The third-order valence-electron chi connectivity index (χ3n) is 10.6. The number of fused-ring (bicyclic) bond motifs is 10. The van der Waals surface area contributed by atoms with Crippen molar-refractivity contribution < 1.29 is 39.1 Å². The van der Waals surface area contributed by atoms with E-state index in [2.05, 4.69) is 13.2 Å². The van der Waals surface area contributed by atoms with E-state index in [4.69, 9.17) is 0 Å². The number of aromatic nitrogens is 2. The van der Waals surface area contributed by atoms with Gasteiger partial charge < -0.3 is 30.6 Å². The Balaban J connectivity index is 1.22. The monoisotopic (exact) mass is 680 g/mol. The normalized spacial score (nSPS) is 24.1. The number of phenolic OH excluding ortho intramolecular Hbond substituents is 2. The molecule has 2 aromatic heterocycles. The molecule has 4 unspecified atom stereocenters. The van der Waals surface area contributed by atoms with Gasteiger partial charge in [-0.3, -0.25) is 9.13 Å². The third-order valence-corrected chi connectivity index (χ3v) is 12.4. The zero-order valence-electron chi connectivity index (χ0n) is 27.0. The van der Waals surface area contributed by atoms with Gasteiger partial charge in [0.2, 0.25) is 33.4 Å². The summed E-state index contributed by atoms with van der Waals surface area (Å²) in [5, 5.41) is 67.3. The molecule has 10 nitrogen and oxygen atoms in total. The molecule has 49 heavy (non-hydrogen) atoms. The van der Waals surface area contributed by atoms with E-state index in [1.807, 2.05) is 38.2 Å². The van der Waals surface area contributed by atoms with E-state index in [9.17, 15) is 39.1 Å². The number of phenols is 2. The number of hydrogen-bond acceptors (Lipinski definition) is 8. The SMILES string of the molecule is C=C(C)CC12C=CC(C1)c1c2c(O)n(-c2cc(O)cc(S(=O)(=O)c3cc(O)cc(-n4c(O)c5c(c4O)C4(CC(=C)C)C=CC5C4)c3)c2)c1O. The second-order valence-corrected chi connectivity index (χ2v) is 16.3. The molecule has 8 rings (SSSR count). The summed E-state index contributed by atoms with van der Waals surface area (Å²) >= 11 is 0. The van der Waals surface area contributed by atoms with E-state index in [1.54, 1.807) is 0 Å². The molecule has 6 N–H and O–H groups in total. The fourth-order valence-corrected chi connectivity index (χ4v) is 10.5. The average molecular weight is 681 g/mol. The van der Waals surface area contributed by atoms with E-state index in [0.29, 0.717) is 47.9 Å². The van der Waals surface area contributed by atoms with Gasteiger partial charge in [0.05, 0.1) is 21.2 Å². The van der Waals surface area contributed by atoms with Gasteiger partial charge in [0, 0.05) is 57.1 Å². The lowest BCUT2D eigenvalue weighted by atomic mass is 9.78. The molecule has 4 bridgehead atoms. The molecule has 252 valence electrons. The molecule has 0 amide bonds. The van der Waals surface area contributed by atoms with Crippen molar-refractivity contribution in [3.8, 4) is 46.4 Å². The van der Waals surface area contributed by atoms with Crippen LogP contribution in [-0.4, -0.2) is 48.2 Å². The lowest BCUT2D eigenvalue weighted by Crippen LogP contribution is -2.18. The maximum atomic E-state index is 14.2. The standard InChI is InChI=1S/C38H36N2O8S/c1-19(2)15-37-7-5-21(17-37)29-31(37)35(45)39(33(29)43)23-9-25(41)13-27(11-23)49(47,48)28-12-24(10-26(42)14-28)40-34(44)30-22-6-8-38(18-22,16-20(3)4)32(30)36(40)46/h5-14,21-22,41-46H,1,3,15-18H2,2,4H3. The van der Waals surface area contributed by atoms with Crippen LogP contribution in [0.4, 0.5) is 0 Å². The van der Waals surface area contributed by atoms with Crippen LogP contribution in [0.3, 0.4) is 0 Å². The van der Waals surface area contributed by atoms with E-state index in [1.165, 1.54) is 24.3 Å². The van der Waals surface area contributed by atoms with Crippen molar-refractivity contribution in [2.75, 3.05) is 0 Å². The van der Waals surface area contributed by atoms with Gasteiger partial charge in [0.25, 0.3) is 0 Å². The second kappa shape index (κ2) is 9.88. The number of benzene rings is 2. The van der Waals surface area contributed by atoms with Crippen LogP contribution in [0.5, 0.6) is 35.0 Å². The van der Waals surface area contributed by atoms with Crippen LogP contribution in [0.1, 0.15) is 73.6 Å². The fraction of sp³-hybridized carbons (Fsp3) is 0.263. The van der Waals surface area contributed by atoms with Crippen LogP contribution < -0.4 is 0 Å². The van der Waals surface area contributed by atoms with Gasteiger partial charge in [0.1, 0.15) is 11.5 Å². The van der Waals surface area contributed by atoms with E-state index < -0.39 is 32.2 Å². The number of allylic oxidation sites excluding steroid dienone is 6. The minimum Gasteiger partial charge on any atom is -0.508 e. The van der Waals surface area contributed by atoms with Crippen LogP contribution in [0.15, 0.2) is 94.8 Å². The van der Waals surface area contributed by atoms with Gasteiger partial charge in [0.15, 0.2) is 0 Å². The smallest absolute Gasteiger partial charge is 0.207 e. The molecule has 4 aliphatic carbocycles. The molecule has 11 heteroatoms. The summed E-state index contributed by atoms with van der Waals surface area (Å²) in [6.07, 6.45) is 10.5. The summed E-state index contributed by atoms with van der Waals surface area (Å²) < 4.78 is 30.6. The van der Waals surface area contributed by atoms with Crippen LogP contribution in [0, 0.1) is 0 Å². The highest BCUT2D eigenvalue weighted by Gasteiger charge is 2.52. The van der Waals surface area contributed by atoms with Crippen molar-refractivity contribution in [3.05, 3.63) is 107 Å². The Labute approximate surface area is 283 Å². The number of nitrogens with zero attached hydrogens (tertiary/aromatic N) is 2. The average Bonchev–Trinajstić information content (AvgIpc) is 3.83. The Morgan fingerprint density at radius 3 is 1.43 bits per heavy atom. The van der Waals surface area contributed by atoms with Crippen molar-refractivity contribution in [1.82, 2.24) is 9.13 Å². The molecule has 0 radical (unpaired) electrons. The minimum absolute atomic E-state index is 0.0103. The third kappa shape index (κ3) is 4.14. The zero-order chi connectivity index (χ0) is 34.9. The molecular formula is C38H36N2O8S. The Morgan fingerprint density at radius 2 is 1.06 bits per heavy atom. The summed E-state index contributed by atoms with van der Waals surface area (Å²) in [7, 11) is -4.48. The highest BCUT2D eigenvalue weighted by molar-refractivity contribution is 7.91. The molecular weight excluding hydrogens is 644 g/mol. The van der Waals surface area contributed by atoms with Crippen LogP contribution in [0.25, 0.3) is 11.4 Å².